The Morgan fingerprint density at radius 3 is 2.06 bits per heavy atom. The van der Waals surface area contributed by atoms with Crippen molar-refractivity contribution in [3.63, 3.8) is 0 Å². The molecule has 0 unspecified atom stereocenters. The van der Waals surface area contributed by atoms with Gasteiger partial charge in [-0.3, -0.25) is 9.59 Å². The minimum Gasteiger partial charge on any atom is -0.481 e. The number of carboxylic acids is 1. The van der Waals surface area contributed by atoms with E-state index < -0.39 is 11.4 Å². The van der Waals surface area contributed by atoms with Gasteiger partial charge >= 0.3 is 5.97 Å². The monoisotopic (exact) mass is 253 g/mol. The maximum absolute atomic E-state index is 12.2. The Morgan fingerprint density at radius 1 is 1.06 bits per heavy atom. The SMILES string of the molecule is CC1(C(=O)NCC2(C(=O)O)CCCC2)CCCC1. The Hall–Kier alpha value is -1.06. The molecule has 2 aliphatic carbocycles. The van der Waals surface area contributed by atoms with E-state index in [9.17, 15) is 14.7 Å². The standard InChI is InChI=1S/C14H23NO3/c1-13(6-2-3-7-13)11(16)15-10-14(12(17)18)8-4-5-9-14/h2-10H2,1H3,(H,15,16)(H,17,18). The fraction of sp³-hybridized carbons (Fsp3) is 0.857. The molecule has 4 nitrogen and oxygen atoms in total. The summed E-state index contributed by atoms with van der Waals surface area (Å²) in [6.45, 7) is 2.30. The summed E-state index contributed by atoms with van der Waals surface area (Å²) in [7, 11) is 0. The number of nitrogens with one attached hydrogen (secondary N) is 1. The van der Waals surface area contributed by atoms with Crippen LogP contribution in [0.5, 0.6) is 0 Å². The van der Waals surface area contributed by atoms with Gasteiger partial charge in [0, 0.05) is 12.0 Å². The highest BCUT2D eigenvalue weighted by atomic mass is 16.4. The van der Waals surface area contributed by atoms with Gasteiger partial charge in [-0.2, -0.15) is 0 Å². The molecule has 2 saturated carbocycles. The number of carbonyl (C=O) groups is 2. The lowest BCUT2D eigenvalue weighted by Gasteiger charge is -2.28. The van der Waals surface area contributed by atoms with Crippen LogP contribution in [0.2, 0.25) is 0 Å². The van der Waals surface area contributed by atoms with E-state index in [1.807, 2.05) is 6.92 Å². The largest absolute Gasteiger partial charge is 0.481 e. The van der Waals surface area contributed by atoms with Crippen LogP contribution in [0.4, 0.5) is 0 Å². The third-order valence-corrected chi connectivity index (χ3v) is 4.86. The Bertz CT molecular complexity index is 339. The molecule has 4 heteroatoms. The highest BCUT2D eigenvalue weighted by molar-refractivity contribution is 5.83. The highest BCUT2D eigenvalue weighted by Crippen LogP contribution is 2.40. The lowest BCUT2D eigenvalue weighted by molar-refractivity contribution is -0.148. The second-order valence-electron chi connectivity index (χ2n) is 6.24. The van der Waals surface area contributed by atoms with E-state index in [0.29, 0.717) is 19.4 Å². The van der Waals surface area contributed by atoms with Gasteiger partial charge in [0.1, 0.15) is 0 Å². The van der Waals surface area contributed by atoms with E-state index in [4.69, 9.17) is 0 Å². The average molecular weight is 253 g/mol. The molecule has 1 amide bonds. The first-order valence-corrected chi connectivity index (χ1v) is 7.00. The molecule has 18 heavy (non-hydrogen) atoms. The zero-order valence-corrected chi connectivity index (χ0v) is 11.1. The van der Waals surface area contributed by atoms with Crippen LogP contribution in [0.15, 0.2) is 0 Å². The topological polar surface area (TPSA) is 66.4 Å². The Morgan fingerprint density at radius 2 is 1.56 bits per heavy atom. The normalized spacial score (nSPS) is 24.9. The molecule has 0 atom stereocenters. The second-order valence-corrected chi connectivity index (χ2v) is 6.24. The van der Waals surface area contributed by atoms with Crippen molar-refractivity contribution >= 4 is 11.9 Å². The van der Waals surface area contributed by atoms with Gasteiger partial charge in [-0.15, -0.1) is 0 Å². The third kappa shape index (κ3) is 2.38. The van der Waals surface area contributed by atoms with Crippen molar-refractivity contribution in [1.29, 1.82) is 0 Å². The van der Waals surface area contributed by atoms with Crippen molar-refractivity contribution in [3.05, 3.63) is 0 Å². The molecule has 0 aromatic rings. The first-order chi connectivity index (χ1) is 8.49. The minimum absolute atomic E-state index is 0.0486. The Balaban J connectivity index is 1.94. The van der Waals surface area contributed by atoms with Crippen molar-refractivity contribution < 1.29 is 14.7 Å². The number of amides is 1. The van der Waals surface area contributed by atoms with Gasteiger partial charge in [0.2, 0.25) is 5.91 Å². The van der Waals surface area contributed by atoms with Crippen molar-refractivity contribution in [2.45, 2.75) is 58.3 Å². The van der Waals surface area contributed by atoms with Gasteiger partial charge in [0.05, 0.1) is 5.41 Å². The second kappa shape index (κ2) is 4.90. The number of carbonyl (C=O) groups excluding carboxylic acids is 1. The number of rotatable bonds is 4. The Labute approximate surface area is 108 Å². The number of carboxylic acid groups (broad SMARTS) is 1. The van der Waals surface area contributed by atoms with E-state index in [2.05, 4.69) is 5.32 Å². The summed E-state index contributed by atoms with van der Waals surface area (Å²) in [4.78, 5) is 23.6. The van der Waals surface area contributed by atoms with Crippen molar-refractivity contribution in [3.8, 4) is 0 Å². The van der Waals surface area contributed by atoms with Crippen LogP contribution >= 0.6 is 0 Å². The Kier molecular flexibility index (Phi) is 3.64. The molecule has 0 bridgehead atoms. The zero-order chi connectivity index (χ0) is 13.2. The lowest BCUT2D eigenvalue weighted by atomic mass is 9.84. The van der Waals surface area contributed by atoms with E-state index in [-0.39, 0.29) is 11.3 Å². The molecule has 2 fully saturated rings. The van der Waals surface area contributed by atoms with Crippen LogP contribution in [0.25, 0.3) is 0 Å². The fourth-order valence-corrected chi connectivity index (χ4v) is 3.36. The molecular weight excluding hydrogens is 230 g/mol. The minimum atomic E-state index is -0.753. The van der Waals surface area contributed by atoms with Crippen LogP contribution in [-0.2, 0) is 9.59 Å². The van der Waals surface area contributed by atoms with Gasteiger partial charge in [-0.1, -0.05) is 32.6 Å². The van der Waals surface area contributed by atoms with Crippen molar-refractivity contribution in [2.24, 2.45) is 10.8 Å². The molecule has 0 saturated heterocycles. The van der Waals surface area contributed by atoms with Crippen LogP contribution < -0.4 is 5.32 Å². The van der Waals surface area contributed by atoms with Crippen molar-refractivity contribution in [1.82, 2.24) is 5.32 Å². The van der Waals surface area contributed by atoms with Crippen LogP contribution in [0, 0.1) is 10.8 Å². The molecular formula is C14H23NO3. The summed E-state index contributed by atoms with van der Waals surface area (Å²) in [5, 5.41) is 12.3. The van der Waals surface area contributed by atoms with Gasteiger partial charge in [-0.25, -0.2) is 0 Å². The fourth-order valence-electron chi connectivity index (χ4n) is 3.36. The molecule has 0 spiro atoms. The molecule has 2 N–H and O–H groups in total. The van der Waals surface area contributed by atoms with Crippen LogP contribution in [0.3, 0.4) is 0 Å². The number of hydrogen-bond donors (Lipinski definition) is 2. The summed E-state index contributed by atoms with van der Waals surface area (Å²) < 4.78 is 0. The maximum Gasteiger partial charge on any atom is 0.311 e. The van der Waals surface area contributed by atoms with Crippen LogP contribution in [-0.4, -0.2) is 23.5 Å². The van der Waals surface area contributed by atoms with Gasteiger partial charge in [0.25, 0.3) is 0 Å². The molecule has 2 aliphatic rings. The predicted octanol–water partition coefficient (Wildman–Crippen LogP) is 2.33. The molecule has 2 rings (SSSR count). The van der Waals surface area contributed by atoms with E-state index >= 15 is 0 Å². The molecule has 0 aromatic heterocycles. The van der Waals surface area contributed by atoms with Gasteiger partial charge in [0.15, 0.2) is 0 Å². The lowest BCUT2D eigenvalue weighted by Crippen LogP contribution is -2.45. The maximum atomic E-state index is 12.2. The van der Waals surface area contributed by atoms with Gasteiger partial charge < -0.3 is 10.4 Å². The van der Waals surface area contributed by atoms with Gasteiger partial charge in [-0.05, 0) is 25.7 Å². The molecule has 0 aliphatic heterocycles. The summed E-state index contributed by atoms with van der Waals surface area (Å²) >= 11 is 0. The molecule has 0 aromatic carbocycles. The van der Waals surface area contributed by atoms with E-state index in [1.54, 1.807) is 0 Å². The number of hydrogen-bond acceptors (Lipinski definition) is 2. The molecule has 102 valence electrons. The summed E-state index contributed by atoms with van der Waals surface area (Å²) in [6, 6.07) is 0. The molecule has 0 heterocycles. The predicted molar refractivity (Wildman–Crippen MR) is 68.1 cm³/mol. The van der Waals surface area contributed by atoms with Crippen LogP contribution in [0.1, 0.15) is 58.3 Å². The summed E-state index contributed by atoms with van der Waals surface area (Å²) in [6.07, 6.45) is 7.37. The zero-order valence-electron chi connectivity index (χ0n) is 11.1. The third-order valence-electron chi connectivity index (χ3n) is 4.86. The first-order valence-electron chi connectivity index (χ1n) is 7.00. The number of aliphatic carboxylic acids is 1. The quantitative estimate of drug-likeness (QED) is 0.808. The highest BCUT2D eigenvalue weighted by Gasteiger charge is 2.43. The first kappa shape index (κ1) is 13.4. The summed E-state index contributed by atoms with van der Waals surface area (Å²) in [5.74, 6) is -0.704. The average Bonchev–Trinajstić information content (AvgIpc) is 2.96. The smallest absolute Gasteiger partial charge is 0.311 e. The van der Waals surface area contributed by atoms with E-state index in [0.717, 1.165) is 38.5 Å². The van der Waals surface area contributed by atoms with Crippen molar-refractivity contribution in [2.75, 3.05) is 6.54 Å². The van der Waals surface area contributed by atoms with E-state index in [1.165, 1.54) is 0 Å². The summed E-state index contributed by atoms with van der Waals surface area (Å²) in [5.41, 5.74) is -0.969. The molecule has 0 radical (unpaired) electrons.